The van der Waals surface area contributed by atoms with E-state index in [2.05, 4.69) is 21.2 Å². The second kappa shape index (κ2) is 5.02. The molecule has 19 heavy (non-hydrogen) atoms. The molecular formula is C14H10BrClFNO. The van der Waals surface area contributed by atoms with Crippen LogP contribution in [0.15, 0.2) is 40.9 Å². The fraction of sp³-hybridized carbons (Fsp3) is 0.143. The first kappa shape index (κ1) is 12.8. The number of nitrogens with one attached hydrogen (secondary N) is 1. The molecule has 0 aromatic heterocycles. The number of halogens is 3. The zero-order chi connectivity index (χ0) is 13.4. The molecule has 0 fully saturated rings. The van der Waals surface area contributed by atoms with Gasteiger partial charge in [0.15, 0.2) is 5.75 Å². The van der Waals surface area contributed by atoms with E-state index in [0.717, 1.165) is 11.3 Å². The van der Waals surface area contributed by atoms with E-state index >= 15 is 0 Å². The molecule has 1 aliphatic heterocycles. The first-order chi connectivity index (χ1) is 9.15. The number of benzene rings is 2. The second-order valence-corrected chi connectivity index (χ2v) is 5.53. The highest BCUT2D eigenvalue weighted by Crippen LogP contribution is 2.40. The van der Waals surface area contributed by atoms with Crippen molar-refractivity contribution in [1.29, 1.82) is 0 Å². The molecule has 2 nitrogen and oxygen atoms in total. The monoisotopic (exact) mass is 341 g/mol. The van der Waals surface area contributed by atoms with Crippen LogP contribution in [-0.4, -0.2) is 6.54 Å². The summed E-state index contributed by atoms with van der Waals surface area (Å²) in [5.74, 6) is 0.356. The third-order valence-corrected chi connectivity index (χ3v) is 4.00. The number of para-hydroxylation sites is 1. The first-order valence-corrected chi connectivity index (χ1v) is 6.96. The van der Waals surface area contributed by atoms with Gasteiger partial charge in [-0.05, 0) is 24.3 Å². The average molecular weight is 343 g/mol. The Morgan fingerprint density at radius 2 is 2.16 bits per heavy atom. The molecule has 0 saturated carbocycles. The number of ether oxygens (including phenoxy) is 1. The maximum absolute atomic E-state index is 13.1. The Bertz CT molecular complexity index is 635. The Kier molecular flexibility index (Phi) is 3.37. The molecule has 2 aromatic rings. The summed E-state index contributed by atoms with van der Waals surface area (Å²) in [5.41, 5.74) is 1.77. The number of hydrogen-bond acceptors (Lipinski definition) is 2. The standard InChI is InChI=1S/C14H10BrClFNO/c15-10-6-8(17)4-5-9(10)13-7-18-12-3-1-2-11(16)14(12)19-13/h1-6,13,18H,7H2. The molecule has 1 N–H and O–H groups in total. The van der Waals surface area contributed by atoms with Gasteiger partial charge in [0, 0.05) is 10.0 Å². The molecule has 98 valence electrons. The van der Waals surface area contributed by atoms with Gasteiger partial charge in [-0.15, -0.1) is 0 Å². The number of anilines is 1. The second-order valence-electron chi connectivity index (χ2n) is 4.27. The van der Waals surface area contributed by atoms with Crippen molar-refractivity contribution >= 4 is 33.2 Å². The van der Waals surface area contributed by atoms with Gasteiger partial charge < -0.3 is 10.1 Å². The van der Waals surface area contributed by atoms with Crippen LogP contribution < -0.4 is 10.1 Å². The van der Waals surface area contributed by atoms with Gasteiger partial charge in [0.25, 0.3) is 0 Å². The summed E-state index contributed by atoms with van der Waals surface area (Å²) >= 11 is 9.48. The molecule has 3 rings (SSSR count). The van der Waals surface area contributed by atoms with Crippen LogP contribution >= 0.6 is 27.5 Å². The molecule has 1 unspecified atom stereocenters. The summed E-state index contributed by atoms with van der Waals surface area (Å²) in [6, 6.07) is 10.1. The van der Waals surface area contributed by atoms with Crippen molar-refractivity contribution in [1.82, 2.24) is 0 Å². The maximum Gasteiger partial charge on any atom is 0.162 e. The Labute approximate surface area is 123 Å². The lowest BCUT2D eigenvalue weighted by molar-refractivity contribution is 0.210. The fourth-order valence-electron chi connectivity index (χ4n) is 2.09. The molecule has 0 radical (unpaired) electrons. The van der Waals surface area contributed by atoms with Crippen molar-refractivity contribution in [3.8, 4) is 5.75 Å². The van der Waals surface area contributed by atoms with Crippen molar-refractivity contribution in [2.24, 2.45) is 0 Å². The smallest absolute Gasteiger partial charge is 0.162 e. The van der Waals surface area contributed by atoms with Crippen molar-refractivity contribution < 1.29 is 9.13 Å². The van der Waals surface area contributed by atoms with Crippen LogP contribution in [0.3, 0.4) is 0 Å². The van der Waals surface area contributed by atoms with E-state index < -0.39 is 0 Å². The average Bonchev–Trinajstić information content (AvgIpc) is 2.39. The lowest BCUT2D eigenvalue weighted by Crippen LogP contribution is -2.24. The van der Waals surface area contributed by atoms with Gasteiger partial charge in [0.1, 0.15) is 11.9 Å². The molecule has 0 amide bonds. The van der Waals surface area contributed by atoms with Gasteiger partial charge in [-0.25, -0.2) is 4.39 Å². The highest BCUT2D eigenvalue weighted by Gasteiger charge is 2.24. The summed E-state index contributed by atoms with van der Waals surface area (Å²) < 4.78 is 19.7. The molecule has 2 aromatic carbocycles. The number of fused-ring (bicyclic) bond motifs is 1. The lowest BCUT2D eigenvalue weighted by Gasteiger charge is -2.28. The summed E-state index contributed by atoms with van der Waals surface area (Å²) in [5, 5.41) is 3.83. The predicted octanol–water partition coefficient (Wildman–Crippen LogP) is 4.79. The van der Waals surface area contributed by atoms with E-state index in [1.54, 1.807) is 12.1 Å². The van der Waals surface area contributed by atoms with Gasteiger partial charge in [-0.2, -0.15) is 0 Å². The minimum Gasteiger partial charge on any atom is -0.480 e. The SMILES string of the molecule is Fc1ccc(C2CNc3cccc(Cl)c3O2)c(Br)c1. The molecular weight excluding hydrogens is 333 g/mol. The van der Waals surface area contributed by atoms with E-state index in [0.29, 0.717) is 21.8 Å². The largest absolute Gasteiger partial charge is 0.480 e. The van der Waals surface area contributed by atoms with E-state index in [9.17, 15) is 4.39 Å². The van der Waals surface area contributed by atoms with Crippen LogP contribution in [0, 0.1) is 5.82 Å². The van der Waals surface area contributed by atoms with Crippen LogP contribution in [0.25, 0.3) is 0 Å². The van der Waals surface area contributed by atoms with Crippen LogP contribution in [0.2, 0.25) is 5.02 Å². The van der Waals surface area contributed by atoms with Crippen molar-refractivity contribution in [2.45, 2.75) is 6.10 Å². The van der Waals surface area contributed by atoms with Gasteiger partial charge in [-0.1, -0.05) is 39.7 Å². The molecule has 0 aliphatic carbocycles. The van der Waals surface area contributed by atoms with Crippen molar-refractivity contribution in [3.05, 3.63) is 57.3 Å². The summed E-state index contributed by atoms with van der Waals surface area (Å²) in [6.45, 7) is 0.609. The summed E-state index contributed by atoms with van der Waals surface area (Å²) in [7, 11) is 0. The summed E-state index contributed by atoms with van der Waals surface area (Å²) in [4.78, 5) is 0. The van der Waals surface area contributed by atoms with E-state index in [1.165, 1.54) is 12.1 Å². The highest BCUT2D eigenvalue weighted by atomic mass is 79.9. The molecule has 5 heteroatoms. The molecule has 1 atom stereocenters. The minimum atomic E-state index is -0.280. The van der Waals surface area contributed by atoms with E-state index in [1.807, 2.05) is 12.1 Å². The molecule has 0 bridgehead atoms. The highest BCUT2D eigenvalue weighted by molar-refractivity contribution is 9.10. The Balaban J connectivity index is 1.95. The van der Waals surface area contributed by atoms with Gasteiger partial charge in [0.2, 0.25) is 0 Å². The quantitative estimate of drug-likeness (QED) is 0.805. The van der Waals surface area contributed by atoms with Gasteiger partial charge in [-0.3, -0.25) is 0 Å². The normalized spacial score (nSPS) is 17.3. The first-order valence-electron chi connectivity index (χ1n) is 5.79. The number of hydrogen-bond donors (Lipinski definition) is 1. The fourth-order valence-corrected chi connectivity index (χ4v) is 2.92. The van der Waals surface area contributed by atoms with E-state index in [-0.39, 0.29) is 11.9 Å². The van der Waals surface area contributed by atoms with Crippen molar-refractivity contribution in [3.63, 3.8) is 0 Å². The molecule has 1 heterocycles. The zero-order valence-corrected chi connectivity index (χ0v) is 12.1. The lowest BCUT2D eigenvalue weighted by atomic mass is 10.1. The van der Waals surface area contributed by atoms with Crippen LogP contribution in [-0.2, 0) is 0 Å². The molecule has 1 aliphatic rings. The Hall–Kier alpha value is -1.26. The third-order valence-electron chi connectivity index (χ3n) is 3.01. The minimum absolute atomic E-state index is 0.206. The van der Waals surface area contributed by atoms with E-state index in [4.69, 9.17) is 16.3 Å². The topological polar surface area (TPSA) is 21.3 Å². The molecule has 0 spiro atoms. The van der Waals surface area contributed by atoms with Crippen LogP contribution in [0.5, 0.6) is 5.75 Å². The Morgan fingerprint density at radius 1 is 1.32 bits per heavy atom. The van der Waals surface area contributed by atoms with Gasteiger partial charge in [0.05, 0.1) is 17.3 Å². The van der Waals surface area contributed by atoms with Gasteiger partial charge >= 0.3 is 0 Å². The molecule has 0 saturated heterocycles. The number of rotatable bonds is 1. The predicted molar refractivity (Wildman–Crippen MR) is 77.4 cm³/mol. The van der Waals surface area contributed by atoms with Crippen LogP contribution in [0.1, 0.15) is 11.7 Å². The summed E-state index contributed by atoms with van der Waals surface area (Å²) in [6.07, 6.45) is -0.206. The Morgan fingerprint density at radius 3 is 2.95 bits per heavy atom. The third kappa shape index (κ3) is 2.42. The zero-order valence-electron chi connectivity index (χ0n) is 9.79. The van der Waals surface area contributed by atoms with Crippen molar-refractivity contribution in [2.75, 3.05) is 11.9 Å². The maximum atomic E-state index is 13.1. The van der Waals surface area contributed by atoms with Crippen LogP contribution in [0.4, 0.5) is 10.1 Å².